The highest BCUT2D eigenvalue weighted by Gasteiger charge is 1.96. The molecule has 0 aliphatic rings. The van der Waals surface area contributed by atoms with Crippen LogP contribution in [0.2, 0.25) is 0 Å². The van der Waals surface area contributed by atoms with Crippen molar-refractivity contribution < 1.29 is 14.1 Å². The zero-order valence-corrected chi connectivity index (χ0v) is 5.45. The average molecular weight is 134 g/mol. The molecule has 0 aliphatic heterocycles. The van der Waals surface area contributed by atoms with E-state index >= 15 is 0 Å². The predicted molar refractivity (Wildman–Crippen MR) is 31.3 cm³/mol. The molecule has 0 spiro atoms. The number of ketones is 1. The highest BCUT2D eigenvalue weighted by atomic mass is 31.0. The van der Waals surface area contributed by atoms with Crippen LogP contribution in [0.25, 0.3) is 0 Å². The van der Waals surface area contributed by atoms with Crippen LogP contribution in [0.1, 0.15) is 6.42 Å². The van der Waals surface area contributed by atoms with Crippen LogP contribution < -0.4 is 0 Å². The van der Waals surface area contributed by atoms with Crippen molar-refractivity contribution in [1.29, 1.82) is 0 Å². The van der Waals surface area contributed by atoms with Gasteiger partial charge in [0.2, 0.25) is 0 Å². The van der Waals surface area contributed by atoms with Crippen molar-refractivity contribution in [2.24, 2.45) is 0 Å². The van der Waals surface area contributed by atoms with Crippen molar-refractivity contribution in [3.8, 4) is 0 Å². The molecule has 0 radical (unpaired) electrons. The van der Waals surface area contributed by atoms with E-state index < -0.39 is 0 Å². The van der Waals surface area contributed by atoms with Crippen LogP contribution in [0.4, 0.5) is 0 Å². The van der Waals surface area contributed by atoms with E-state index in [9.17, 15) is 9.59 Å². The van der Waals surface area contributed by atoms with Gasteiger partial charge in [-0.05, 0) is 0 Å². The molecule has 0 saturated carbocycles. The monoisotopic (exact) mass is 134 g/mol. The van der Waals surface area contributed by atoms with Crippen LogP contribution in [0.3, 0.4) is 0 Å². The van der Waals surface area contributed by atoms with Gasteiger partial charge < -0.3 is 9.32 Å². The Balaban J connectivity index is 3.18. The minimum absolute atomic E-state index is 0.00338. The van der Waals surface area contributed by atoms with Gasteiger partial charge in [-0.15, -0.1) is 0 Å². The summed E-state index contributed by atoms with van der Waals surface area (Å²) in [5.74, 6) is -0.199. The molecular weight excluding hydrogens is 127 g/mol. The molecule has 0 amide bonds. The van der Waals surface area contributed by atoms with Gasteiger partial charge in [-0.25, -0.2) is 0 Å². The molecule has 0 rings (SSSR count). The van der Waals surface area contributed by atoms with E-state index in [4.69, 9.17) is 0 Å². The fourth-order valence-electron chi connectivity index (χ4n) is 0.245. The Hall–Kier alpha value is -0.270. The van der Waals surface area contributed by atoms with Gasteiger partial charge in [0.1, 0.15) is 12.9 Å². The Morgan fingerprint density at radius 2 is 2.38 bits per heavy atom. The SMILES string of the molecule is O=CCC(=O)COP. The van der Waals surface area contributed by atoms with Crippen molar-refractivity contribution in [1.82, 2.24) is 0 Å². The minimum Gasteiger partial charge on any atom is -0.358 e. The predicted octanol–water partition coefficient (Wildman–Crippen LogP) is -0.0488. The molecule has 0 N–H and O–H groups in total. The highest BCUT2D eigenvalue weighted by Crippen LogP contribution is 1.86. The first-order chi connectivity index (χ1) is 3.81. The summed E-state index contributed by atoms with van der Waals surface area (Å²) in [4.78, 5) is 19.9. The van der Waals surface area contributed by atoms with E-state index in [0.717, 1.165) is 0 Å². The second-order valence-corrected chi connectivity index (χ2v) is 1.55. The number of carbonyl (C=O) groups is 2. The van der Waals surface area contributed by atoms with E-state index in [-0.39, 0.29) is 18.8 Å². The molecule has 0 saturated heterocycles. The lowest BCUT2D eigenvalue weighted by molar-refractivity contribution is -0.123. The van der Waals surface area contributed by atoms with E-state index in [2.05, 4.69) is 4.52 Å². The van der Waals surface area contributed by atoms with Gasteiger partial charge in [-0.3, -0.25) is 4.79 Å². The molecular formula is C4H7O3P. The zero-order chi connectivity index (χ0) is 6.41. The molecule has 0 aromatic rings. The second kappa shape index (κ2) is 4.88. The van der Waals surface area contributed by atoms with E-state index in [1.165, 1.54) is 0 Å². The van der Waals surface area contributed by atoms with Crippen LogP contribution in [0.5, 0.6) is 0 Å². The second-order valence-electron chi connectivity index (χ2n) is 1.22. The first-order valence-corrected chi connectivity index (χ1v) is 2.55. The largest absolute Gasteiger partial charge is 0.358 e. The van der Waals surface area contributed by atoms with Crippen molar-refractivity contribution in [2.45, 2.75) is 6.42 Å². The molecule has 0 aromatic heterocycles. The van der Waals surface area contributed by atoms with Gasteiger partial charge in [-0.2, -0.15) is 0 Å². The first kappa shape index (κ1) is 7.73. The molecule has 0 aliphatic carbocycles. The third kappa shape index (κ3) is 3.90. The summed E-state index contributed by atoms with van der Waals surface area (Å²) < 4.78 is 4.36. The summed E-state index contributed by atoms with van der Waals surface area (Å²) in [6.07, 6.45) is 0.514. The van der Waals surface area contributed by atoms with Crippen molar-refractivity contribution >= 4 is 21.5 Å². The molecule has 0 bridgehead atoms. The van der Waals surface area contributed by atoms with Gasteiger partial charge in [-0.1, -0.05) is 0 Å². The summed E-state index contributed by atoms with van der Waals surface area (Å²) in [6, 6.07) is 0. The number of hydrogen-bond donors (Lipinski definition) is 0. The standard InChI is InChI=1S/C4H7O3P/c5-2-1-4(6)3-7-8/h2H,1,3,8H2. The summed E-state index contributed by atoms with van der Waals surface area (Å²) in [5.41, 5.74) is 0. The Morgan fingerprint density at radius 1 is 1.75 bits per heavy atom. The Kier molecular flexibility index (Phi) is 4.71. The third-order valence-corrected chi connectivity index (χ3v) is 0.722. The summed E-state index contributed by atoms with van der Waals surface area (Å²) in [6.45, 7) is 0.00338. The summed E-state index contributed by atoms with van der Waals surface area (Å²) >= 11 is 0. The number of Topliss-reactive ketones (excluding diaryl/α,β-unsaturated/α-hetero) is 1. The fourth-order valence-corrected chi connectivity index (χ4v) is 0.431. The zero-order valence-electron chi connectivity index (χ0n) is 4.29. The highest BCUT2D eigenvalue weighted by molar-refractivity contribution is 7.09. The molecule has 0 aromatic carbocycles. The molecule has 4 heteroatoms. The molecule has 0 heterocycles. The quantitative estimate of drug-likeness (QED) is 0.307. The first-order valence-electron chi connectivity index (χ1n) is 2.08. The van der Waals surface area contributed by atoms with Crippen LogP contribution in [0, 0.1) is 0 Å². The lowest BCUT2D eigenvalue weighted by atomic mass is 10.3. The van der Waals surface area contributed by atoms with E-state index in [0.29, 0.717) is 6.29 Å². The van der Waals surface area contributed by atoms with Gasteiger partial charge >= 0.3 is 0 Å². The van der Waals surface area contributed by atoms with Gasteiger partial charge in [0.05, 0.1) is 6.42 Å². The van der Waals surface area contributed by atoms with Gasteiger partial charge in [0.15, 0.2) is 5.78 Å². The molecule has 8 heavy (non-hydrogen) atoms. The Bertz CT molecular complexity index is 91.3. The Morgan fingerprint density at radius 3 is 2.75 bits per heavy atom. The van der Waals surface area contributed by atoms with Crippen LogP contribution in [0.15, 0.2) is 0 Å². The summed E-state index contributed by atoms with van der Waals surface area (Å²) in [5, 5.41) is 0. The molecule has 1 atom stereocenters. The van der Waals surface area contributed by atoms with E-state index in [1.807, 2.05) is 9.47 Å². The van der Waals surface area contributed by atoms with Crippen molar-refractivity contribution in [3.05, 3.63) is 0 Å². The minimum atomic E-state index is -0.199. The molecule has 0 fully saturated rings. The maximum atomic E-state index is 10.3. The topological polar surface area (TPSA) is 43.4 Å². The normalized spacial score (nSPS) is 8.62. The average Bonchev–Trinajstić information content (AvgIpc) is 1.68. The molecule has 46 valence electrons. The number of hydrogen-bond acceptors (Lipinski definition) is 3. The van der Waals surface area contributed by atoms with Crippen molar-refractivity contribution in [2.75, 3.05) is 6.61 Å². The number of rotatable bonds is 4. The van der Waals surface area contributed by atoms with Crippen LogP contribution in [-0.4, -0.2) is 18.7 Å². The third-order valence-electron chi connectivity index (χ3n) is 0.555. The maximum absolute atomic E-state index is 10.3. The molecule has 3 nitrogen and oxygen atoms in total. The number of carbonyl (C=O) groups excluding carboxylic acids is 2. The number of aldehydes is 1. The summed E-state index contributed by atoms with van der Waals surface area (Å²) in [7, 11) is 1.94. The molecule has 1 unspecified atom stereocenters. The fraction of sp³-hybridized carbons (Fsp3) is 0.500. The van der Waals surface area contributed by atoms with Crippen LogP contribution >= 0.6 is 9.47 Å². The van der Waals surface area contributed by atoms with E-state index in [1.54, 1.807) is 0 Å². The smallest absolute Gasteiger partial charge is 0.165 e. The Labute approximate surface area is 49.7 Å². The van der Waals surface area contributed by atoms with Gasteiger partial charge in [0, 0.05) is 9.47 Å². The lowest BCUT2D eigenvalue weighted by Gasteiger charge is -1.89. The van der Waals surface area contributed by atoms with Crippen molar-refractivity contribution in [3.63, 3.8) is 0 Å². The maximum Gasteiger partial charge on any atom is 0.165 e. The lowest BCUT2D eigenvalue weighted by Crippen LogP contribution is -2.03. The van der Waals surface area contributed by atoms with Gasteiger partial charge in [0.25, 0.3) is 0 Å². The van der Waals surface area contributed by atoms with Crippen LogP contribution in [-0.2, 0) is 14.1 Å².